The Morgan fingerprint density at radius 3 is 2.54 bits per heavy atom. The number of amides is 3. The van der Waals surface area contributed by atoms with Gasteiger partial charge in [-0.1, -0.05) is 6.92 Å². The number of hydrogen-bond donors (Lipinski definition) is 2. The minimum Gasteiger partial charge on any atom is -0.354 e. The van der Waals surface area contributed by atoms with Crippen molar-refractivity contribution >= 4 is 23.4 Å². The lowest BCUT2D eigenvalue weighted by atomic mass is 10.1. The fourth-order valence-electron chi connectivity index (χ4n) is 2.62. The molecule has 1 atom stereocenters. The average Bonchev–Trinajstić information content (AvgIpc) is 2.60. The van der Waals surface area contributed by atoms with Crippen LogP contribution in [0.5, 0.6) is 0 Å². The number of carbonyl (C=O) groups excluding carboxylic acids is 3. The summed E-state index contributed by atoms with van der Waals surface area (Å²) in [7, 11) is 0. The molecule has 0 spiro atoms. The predicted molar refractivity (Wildman–Crippen MR) is 92.9 cm³/mol. The van der Waals surface area contributed by atoms with Crippen LogP contribution in [-0.2, 0) is 9.59 Å². The number of nitrogens with zero attached hydrogens (tertiary/aromatic N) is 1. The molecule has 1 fully saturated rings. The van der Waals surface area contributed by atoms with Crippen LogP contribution in [-0.4, -0.2) is 36.9 Å². The highest BCUT2D eigenvalue weighted by Gasteiger charge is 2.20. The van der Waals surface area contributed by atoms with Crippen molar-refractivity contribution in [1.82, 2.24) is 10.6 Å². The van der Waals surface area contributed by atoms with Crippen LogP contribution >= 0.6 is 0 Å². The Morgan fingerprint density at radius 2 is 1.92 bits per heavy atom. The van der Waals surface area contributed by atoms with Crippen LogP contribution in [0.4, 0.5) is 5.69 Å². The summed E-state index contributed by atoms with van der Waals surface area (Å²) in [5.41, 5.74) is 1.28. The molecule has 1 aliphatic heterocycles. The van der Waals surface area contributed by atoms with E-state index in [-0.39, 0.29) is 17.7 Å². The van der Waals surface area contributed by atoms with Gasteiger partial charge in [0.15, 0.2) is 0 Å². The Balaban J connectivity index is 1.95. The van der Waals surface area contributed by atoms with Gasteiger partial charge in [0, 0.05) is 30.8 Å². The summed E-state index contributed by atoms with van der Waals surface area (Å²) < 4.78 is 0. The SMILES string of the molecule is CCCNC(=O)C(C)NC(=O)c1ccc(N2CCCCC2=O)cc1. The Kier molecular flexibility index (Phi) is 6.35. The van der Waals surface area contributed by atoms with Crippen molar-refractivity contribution < 1.29 is 14.4 Å². The maximum absolute atomic E-state index is 12.2. The van der Waals surface area contributed by atoms with Crippen LogP contribution in [0.15, 0.2) is 24.3 Å². The number of nitrogens with one attached hydrogen (secondary N) is 2. The molecule has 1 aliphatic rings. The number of carbonyl (C=O) groups is 3. The fourth-order valence-corrected chi connectivity index (χ4v) is 2.62. The Labute approximate surface area is 142 Å². The van der Waals surface area contributed by atoms with Gasteiger partial charge in [-0.05, 0) is 50.5 Å². The standard InChI is InChI=1S/C18H25N3O3/c1-3-11-19-17(23)13(2)20-18(24)14-7-9-15(10-8-14)21-12-5-4-6-16(21)22/h7-10,13H,3-6,11-12H2,1-2H3,(H,19,23)(H,20,24). The Hall–Kier alpha value is -2.37. The number of anilines is 1. The molecule has 6 nitrogen and oxygen atoms in total. The summed E-state index contributed by atoms with van der Waals surface area (Å²) in [5.74, 6) is -0.369. The van der Waals surface area contributed by atoms with E-state index in [2.05, 4.69) is 10.6 Å². The minimum absolute atomic E-state index is 0.125. The maximum atomic E-state index is 12.2. The van der Waals surface area contributed by atoms with E-state index in [1.807, 2.05) is 6.92 Å². The van der Waals surface area contributed by atoms with Gasteiger partial charge in [0.05, 0.1) is 0 Å². The molecular weight excluding hydrogens is 306 g/mol. The van der Waals surface area contributed by atoms with Gasteiger partial charge in [-0.2, -0.15) is 0 Å². The second-order valence-corrected chi connectivity index (χ2v) is 6.04. The molecule has 2 rings (SSSR count). The number of rotatable bonds is 6. The fraction of sp³-hybridized carbons (Fsp3) is 0.500. The van der Waals surface area contributed by atoms with Gasteiger partial charge in [-0.3, -0.25) is 14.4 Å². The van der Waals surface area contributed by atoms with E-state index in [9.17, 15) is 14.4 Å². The topological polar surface area (TPSA) is 78.5 Å². The number of benzene rings is 1. The lowest BCUT2D eigenvalue weighted by molar-refractivity contribution is -0.122. The first-order valence-electron chi connectivity index (χ1n) is 8.52. The molecule has 1 saturated heterocycles. The summed E-state index contributed by atoms with van der Waals surface area (Å²) in [5, 5.41) is 5.43. The van der Waals surface area contributed by atoms with Gasteiger partial charge in [0.25, 0.3) is 5.91 Å². The molecule has 0 radical (unpaired) electrons. The number of hydrogen-bond acceptors (Lipinski definition) is 3. The van der Waals surface area contributed by atoms with Crippen LogP contribution < -0.4 is 15.5 Å². The van der Waals surface area contributed by atoms with Crippen molar-refractivity contribution in [3.63, 3.8) is 0 Å². The van der Waals surface area contributed by atoms with Gasteiger partial charge >= 0.3 is 0 Å². The van der Waals surface area contributed by atoms with Crippen molar-refractivity contribution in [2.75, 3.05) is 18.0 Å². The molecule has 24 heavy (non-hydrogen) atoms. The van der Waals surface area contributed by atoms with Crippen LogP contribution in [0.1, 0.15) is 49.9 Å². The zero-order valence-electron chi connectivity index (χ0n) is 14.3. The smallest absolute Gasteiger partial charge is 0.251 e. The molecule has 3 amide bonds. The quantitative estimate of drug-likeness (QED) is 0.835. The highest BCUT2D eigenvalue weighted by molar-refractivity contribution is 5.98. The first-order chi connectivity index (χ1) is 11.5. The summed E-state index contributed by atoms with van der Waals surface area (Å²) in [6, 6.07) is 6.33. The molecule has 1 heterocycles. The predicted octanol–water partition coefficient (Wildman–Crippen LogP) is 1.85. The van der Waals surface area contributed by atoms with E-state index in [4.69, 9.17) is 0 Å². The van der Waals surface area contributed by atoms with E-state index in [1.165, 1.54) is 0 Å². The molecule has 130 valence electrons. The van der Waals surface area contributed by atoms with E-state index in [1.54, 1.807) is 36.1 Å². The summed E-state index contributed by atoms with van der Waals surface area (Å²) >= 11 is 0. The number of piperidine rings is 1. The van der Waals surface area contributed by atoms with E-state index in [0.29, 0.717) is 18.5 Å². The van der Waals surface area contributed by atoms with Crippen molar-refractivity contribution in [1.29, 1.82) is 0 Å². The minimum atomic E-state index is -0.590. The molecule has 1 aromatic carbocycles. The molecule has 0 aliphatic carbocycles. The van der Waals surface area contributed by atoms with E-state index >= 15 is 0 Å². The second kappa shape index (κ2) is 8.47. The van der Waals surface area contributed by atoms with Crippen LogP contribution in [0.3, 0.4) is 0 Å². The molecule has 6 heteroatoms. The van der Waals surface area contributed by atoms with Crippen molar-refractivity contribution in [3.05, 3.63) is 29.8 Å². The third-order valence-electron chi connectivity index (χ3n) is 4.05. The van der Waals surface area contributed by atoms with Gasteiger partial charge < -0.3 is 15.5 Å². The van der Waals surface area contributed by atoms with E-state index < -0.39 is 6.04 Å². The average molecular weight is 331 g/mol. The lowest BCUT2D eigenvalue weighted by Gasteiger charge is -2.26. The normalized spacial score (nSPS) is 15.8. The summed E-state index contributed by atoms with van der Waals surface area (Å²) in [4.78, 5) is 37.7. The lowest BCUT2D eigenvalue weighted by Crippen LogP contribution is -2.45. The zero-order valence-corrected chi connectivity index (χ0v) is 14.3. The van der Waals surface area contributed by atoms with Gasteiger partial charge in [0.1, 0.15) is 6.04 Å². The molecule has 0 aromatic heterocycles. The molecule has 0 saturated carbocycles. The maximum Gasteiger partial charge on any atom is 0.251 e. The van der Waals surface area contributed by atoms with Gasteiger partial charge in [-0.15, -0.1) is 0 Å². The van der Waals surface area contributed by atoms with Crippen molar-refractivity contribution in [3.8, 4) is 0 Å². The van der Waals surface area contributed by atoms with E-state index in [0.717, 1.165) is 31.5 Å². The summed E-state index contributed by atoms with van der Waals surface area (Å²) in [6.45, 7) is 4.94. The zero-order chi connectivity index (χ0) is 17.5. The van der Waals surface area contributed by atoms with Crippen molar-refractivity contribution in [2.45, 2.75) is 45.6 Å². The first kappa shape index (κ1) is 18.0. The Bertz CT molecular complexity index is 598. The second-order valence-electron chi connectivity index (χ2n) is 6.04. The third-order valence-corrected chi connectivity index (χ3v) is 4.05. The molecule has 1 unspecified atom stereocenters. The first-order valence-corrected chi connectivity index (χ1v) is 8.52. The highest BCUT2D eigenvalue weighted by atomic mass is 16.2. The molecule has 0 bridgehead atoms. The van der Waals surface area contributed by atoms with Gasteiger partial charge in [0.2, 0.25) is 11.8 Å². The van der Waals surface area contributed by atoms with Gasteiger partial charge in [-0.25, -0.2) is 0 Å². The Morgan fingerprint density at radius 1 is 1.21 bits per heavy atom. The third kappa shape index (κ3) is 4.57. The summed E-state index contributed by atoms with van der Waals surface area (Å²) in [6.07, 6.45) is 3.36. The van der Waals surface area contributed by atoms with Crippen LogP contribution in [0.25, 0.3) is 0 Å². The molecule has 2 N–H and O–H groups in total. The molecular formula is C18H25N3O3. The van der Waals surface area contributed by atoms with Crippen molar-refractivity contribution in [2.24, 2.45) is 0 Å². The monoisotopic (exact) mass is 331 g/mol. The molecule has 1 aromatic rings. The largest absolute Gasteiger partial charge is 0.354 e. The van der Waals surface area contributed by atoms with Crippen LogP contribution in [0.2, 0.25) is 0 Å². The highest BCUT2D eigenvalue weighted by Crippen LogP contribution is 2.21. The van der Waals surface area contributed by atoms with Crippen LogP contribution in [0, 0.1) is 0 Å².